The molecule has 0 radical (unpaired) electrons. The number of fused-ring (bicyclic) bond motifs is 1. The van der Waals surface area contributed by atoms with Gasteiger partial charge in [0.1, 0.15) is 11.3 Å². The quantitative estimate of drug-likeness (QED) is 0.450. The van der Waals surface area contributed by atoms with Gasteiger partial charge in [0.25, 0.3) is 5.91 Å². The number of hydrogen-bond donors (Lipinski definition) is 1. The van der Waals surface area contributed by atoms with E-state index in [2.05, 4.69) is 5.32 Å². The number of amides is 1. The first-order chi connectivity index (χ1) is 15.1. The molecule has 0 fully saturated rings. The van der Waals surface area contributed by atoms with Crippen LogP contribution >= 0.6 is 0 Å². The van der Waals surface area contributed by atoms with E-state index >= 15 is 0 Å². The summed E-state index contributed by atoms with van der Waals surface area (Å²) in [7, 11) is 1.60. The van der Waals surface area contributed by atoms with Crippen molar-refractivity contribution in [1.82, 2.24) is 5.32 Å². The molecule has 0 unspecified atom stereocenters. The molecule has 1 heterocycles. The minimum absolute atomic E-state index is 0.0590. The summed E-state index contributed by atoms with van der Waals surface area (Å²) < 4.78 is 15.9. The van der Waals surface area contributed by atoms with Crippen molar-refractivity contribution in [3.63, 3.8) is 0 Å². The largest absolute Gasteiger partial charge is 0.497 e. The highest BCUT2D eigenvalue weighted by Crippen LogP contribution is 2.24. The molecule has 1 amide bonds. The molecule has 0 saturated carbocycles. The van der Waals surface area contributed by atoms with Gasteiger partial charge in [-0.1, -0.05) is 60.7 Å². The molecule has 6 nitrogen and oxygen atoms in total. The number of methoxy groups -OCH3 is 1. The highest BCUT2D eigenvalue weighted by molar-refractivity contribution is 5.93. The van der Waals surface area contributed by atoms with Crippen LogP contribution < -0.4 is 10.1 Å². The molecule has 6 heteroatoms. The van der Waals surface area contributed by atoms with Gasteiger partial charge in [-0.15, -0.1) is 0 Å². The smallest absolute Gasteiger partial charge is 0.374 e. The predicted octanol–water partition coefficient (Wildman–Crippen LogP) is 4.50. The molecule has 1 N–H and O–H groups in total. The van der Waals surface area contributed by atoms with E-state index in [1.54, 1.807) is 19.2 Å². The van der Waals surface area contributed by atoms with Crippen LogP contribution in [0.4, 0.5) is 0 Å². The van der Waals surface area contributed by atoms with Crippen LogP contribution in [-0.2, 0) is 9.53 Å². The number of furan rings is 1. The topological polar surface area (TPSA) is 77.8 Å². The number of rotatable bonds is 7. The SMILES string of the molecule is COc1ccc([C@H](NC(=O)COC(=O)c2cc3ccccc3o2)c2ccccc2)cc1. The summed E-state index contributed by atoms with van der Waals surface area (Å²) in [6, 6.07) is 25.5. The molecule has 0 spiro atoms. The highest BCUT2D eigenvalue weighted by atomic mass is 16.5. The van der Waals surface area contributed by atoms with Gasteiger partial charge < -0.3 is 19.2 Å². The van der Waals surface area contributed by atoms with Gasteiger partial charge in [0.2, 0.25) is 5.76 Å². The average Bonchev–Trinajstić information content (AvgIpc) is 3.26. The summed E-state index contributed by atoms with van der Waals surface area (Å²) in [4.78, 5) is 24.9. The normalized spacial score (nSPS) is 11.6. The van der Waals surface area contributed by atoms with Crippen LogP contribution in [0.2, 0.25) is 0 Å². The lowest BCUT2D eigenvalue weighted by Crippen LogP contribution is -2.33. The van der Waals surface area contributed by atoms with Gasteiger partial charge in [0, 0.05) is 5.39 Å². The van der Waals surface area contributed by atoms with Crippen LogP contribution in [0, 0.1) is 0 Å². The zero-order valence-corrected chi connectivity index (χ0v) is 16.9. The van der Waals surface area contributed by atoms with Gasteiger partial charge in [-0.2, -0.15) is 0 Å². The zero-order valence-electron chi connectivity index (χ0n) is 16.9. The van der Waals surface area contributed by atoms with Crippen molar-refractivity contribution in [2.45, 2.75) is 6.04 Å². The Balaban J connectivity index is 1.45. The summed E-state index contributed by atoms with van der Waals surface area (Å²) in [5.74, 6) is -0.327. The molecule has 4 rings (SSSR count). The van der Waals surface area contributed by atoms with E-state index in [1.165, 1.54) is 0 Å². The first kappa shape index (κ1) is 20.2. The molecule has 0 aliphatic carbocycles. The molecule has 0 aliphatic heterocycles. The summed E-state index contributed by atoms with van der Waals surface area (Å²) >= 11 is 0. The molecule has 0 aliphatic rings. The third-order valence-electron chi connectivity index (χ3n) is 4.85. The number of esters is 1. The van der Waals surface area contributed by atoms with E-state index in [9.17, 15) is 9.59 Å². The lowest BCUT2D eigenvalue weighted by atomic mass is 9.98. The van der Waals surface area contributed by atoms with Crippen molar-refractivity contribution in [1.29, 1.82) is 0 Å². The summed E-state index contributed by atoms with van der Waals surface area (Å²) in [5, 5.41) is 3.73. The van der Waals surface area contributed by atoms with Crippen molar-refractivity contribution in [3.8, 4) is 5.75 Å². The van der Waals surface area contributed by atoms with E-state index in [-0.39, 0.29) is 5.76 Å². The van der Waals surface area contributed by atoms with E-state index in [0.717, 1.165) is 22.3 Å². The van der Waals surface area contributed by atoms with E-state index < -0.39 is 24.5 Å². The molecule has 1 aromatic heterocycles. The number of ether oxygens (including phenoxy) is 2. The lowest BCUT2D eigenvalue weighted by molar-refractivity contribution is -0.124. The fraction of sp³-hybridized carbons (Fsp3) is 0.120. The molecule has 156 valence electrons. The van der Waals surface area contributed by atoms with E-state index in [4.69, 9.17) is 13.9 Å². The van der Waals surface area contributed by atoms with Crippen molar-refractivity contribution in [3.05, 3.63) is 102 Å². The summed E-state index contributed by atoms with van der Waals surface area (Å²) in [6.07, 6.45) is 0. The van der Waals surface area contributed by atoms with E-state index in [0.29, 0.717) is 5.58 Å². The lowest BCUT2D eigenvalue weighted by Gasteiger charge is -2.20. The Kier molecular flexibility index (Phi) is 5.98. The standard InChI is InChI=1S/C25H21NO5/c1-29-20-13-11-18(12-14-20)24(17-7-3-2-4-8-17)26-23(27)16-30-25(28)22-15-19-9-5-6-10-21(19)31-22/h2-15,24H,16H2,1H3,(H,26,27)/t24-/m1/s1. The number of benzene rings is 3. The van der Waals surface area contributed by atoms with Gasteiger partial charge in [-0.05, 0) is 35.4 Å². The Bertz CT molecular complexity index is 1150. The molecular weight excluding hydrogens is 394 g/mol. The Hall–Kier alpha value is -4.06. The summed E-state index contributed by atoms with van der Waals surface area (Å²) in [5.41, 5.74) is 2.37. The van der Waals surface area contributed by atoms with Crippen LogP contribution in [0.15, 0.2) is 89.3 Å². The Morgan fingerprint density at radius 2 is 1.58 bits per heavy atom. The number of nitrogens with one attached hydrogen (secondary N) is 1. The van der Waals surface area contributed by atoms with Crippen LogP contribution in [0.1, 0.15) is 27.7 Å². The maximum atomic E-state index is 12.6. The van der Waals surface area contributed by atoms with E-state index in [1.807, 2.05) is 72.8 Å². The molecule has 3 aromatic carbocycles. The zero-order chi connectivity index (χ0) is 21.6. The number of carbonyl (C=O) groups is 2. The highest BCUT2D eigenvalue weighted by Gasteiger charge is 2.19. The van der Waals surface area contributed by atoms with Crippen molar-refractivity contribution < 1.29 is 23.5 Å². The minimum Gasteiger partial charge on any atom is -0.497 e. The van der Waals surface area contributed by atoms with Crippen LogP contribution in [-0.4, -0.2) is 25.6 Å². The Morgan fingerprint density at radius 3 is 2.29 bits per heavy atom. The van der Waals surface area contributed by atoms with Crippen molar-refractivity contribution in [2.24, 2.45) is 0 Å². The van der Waals surface area contributed by atoms with Gasteiger partial charge in [0.15, 0.2) is 6.61 Å². The van der Waals surface area contributed by atoms with Gasteiger partial charge in [0.05, 0.1) is 13.2 Å². The van der Waals surface area contributed by atoms with Gasteiger partial charge in [-0.3, -0.25) is 4.79 Å². The van der Waals surface area contributed by atoms with Gasteiger partial charge >= 0.3 is 5.97 Å². The second kappa shape index (κ2) is 9.17. The van der Waals surface area contributed by atoms with Crippen molar-refractivity contribution >= 4 is 22.8 Å². The van der Waals surface area contributed by atoms with Crippen molar-refractivity contribution in [2.75, 3.05) is 13.7 Å². The number of para-hydroxylation sites is 1. The molecule has 1 atom stereocenters. The molecular formula is C25H21NO5. The second-order valence-electron chi connectivity index (χ2n) is 6.91. The Labute approximate surface area is 179 Å². The first-order valence-electron chi connectivity index (χ1n) is 9.78. The Morgan fingerprint density at radius 1 is 0.903 bits per heavy atom. The van der Waals surface area contributed by atoms with Gasteiger partial charge in [-0.25, -0.2) is 4.79 Å². The number of carbonyl (C=O) groups excluding carboxylic acids is 2. The minimum atomic E-state index is -0.688. The fourth-order valence-corrected chi connectivity index (χ4v) is 3.29. The maximum Gasteiger partial charge on any atom is 0.374 e. The fourth-order valence-electron chi connectivity index (χ4n) is 3.29. The van der Waals surface area contributed by atoms with Crippen LogP contribution in [0.25, 0.3) is 11.0 Å². The third kappa shape index (κ3) is 4.75. The third-order valence-corrected chi connectivity index (χ3v) is 4.85. The van der Waals surface area contributed by atoms with Crippen LogP contribution in [0.3, 0.4) is 0 Å². The summed E-state index contributed by atoms with van der Waals surface area (Å²) in [6.45, 7) is -0.421. The maximum absolute atomic E-state index is 12.6. The first-order valence-corrected chi connectivity index (χ1v) is 9.78. The molecule has 4 aromatic rings. The second-order valence-corrected chi connectivity index (χ2v) is 6.91. The average molecular weight is 415 g/mol. The molecule has 0 saturated heterocycles. The molecule has 31 heavy (non-hydrogen) atoms. The number of hydrogen-bond acceptors (Lipinski definition) is 5. The monoisotopic (exact) mass is 415 g/mol. The predicted molar refractivity (Wildman–Crippen MR) is 116 cm³/mol. The van der Waals surface area contributed by atoms with Crippen LogP contribution in [0.5, 0.6) is 5.75 Å². The molecule has 0 bridgehead atoms.